The zero-order valence-corrected chi connectivity index (χ0v) is 8.60. The fourth-order valence-electron chi connectivity index (χ4n) is 1.55. The number of hydrogen-bond acceptors (Lipinski definition) is 5. The van der Waals surface area contributed by atoms with Crippen molar-refractivity contribution in [1.82, 2.24) is 0 Å². The Morgan fingerprint density at radius 2 is 2.21 bits per heavy atom. The van der Waals surface area contributed by atoms with Crippen LogP contribution in [0.1, 0.15) is 13.8 Å². The number of hydrogen-bond donors (Lipinski definition) is 1. The lowest BCUT2D eigenvalue weighted by molar-refractivity contribution is -0.159. The van der Waals surface area contributed by atoms with Crippen LogP contribution in [0.4, 0.5) is 0 Å². The summed E-state index contributed by atoms with van der Waals surface area (Å²) in [5, 5.41) is 9.03. The predicted octanol–water partition coefficient (Wildman–Crippen LogP) is -0.287. The summed E-state index contributed by atoms with van der Waals surface area (Å²) in [6, 6.07) is 0. The second-order valence-electron chi connectivity index (χ2n) is 3.66. The molecule has 1 saturated heterocycles. The summed E-state index contributed by atoms with van der Waals surface area (Å²) in [6.07, 6.45) is -1.11. The average molecular weight is 204 g/mol. The van der Waals surface area contributed by atoms with Gasteiger partial charge in [0.15, 0.2) is 12.1 Å². The van der Waals surface area contributed by atoms with Crippen molar-refractivity contribution >= 4 is 6.29 Å². The topological polar surface area (TPSA) is 65.0 Å². The molecule has 1 fully saturated rings. The first-order valence-corrected chi connectivity index (χ1v) is 4.48. The van der Waals surface area contributed by atoms with E-state index in [9.17, 15) is 4.79 Å². The first-order chi connectivity index (χ1) is 6.54. The lowest BCUT2D eigenvalue weighted by atomic mass is 10.1. The van der Waals surface area contributed by atoms with Gasteiger partial charge in [-0.2, -0.15) is 0 Å². The number of methoxy groups -OCH3 is 1. The fraction of sp³-hybridized carbons (Fsp3) is 0.889. The Bertz CT molecular complexity index is 203. The molecular weight excluding hydrogens is 188 g/mol. The van der Waals surface area contributed by atoms with Crippen LogP contribution >= 0.6 is 0 Å². The largest absolute Gasteiger partial charge is 0.394 e. The van der Waals surface area contributed by atoms with Crippen molar-refractivity contribution in [3.05, 3.63) is 0 Å². The molecule has 1 N–H and O–H groups in total. The zero-order chi connectivity index (χ0) is 10.8. The number of carbonyl (C=O) groups excluding carboxylic acids is 1. The van der Waals surface area contributed by atoms with E-state index in [1.807, 2.05) is 0 Å². The Kier molecular flexibility index (Phi) is 3.60. The first-order valence-electron chi connectivity index (χ1n) is 4.48. The summed E-state index contributed by atoms with van der Waals surface area (Å²) in [6.45, 7) is 3.27. The molecule has 3 atom stereocenters. The highest BCUT2D eigenvalue weighted by Gasteiger charge is 2.45. The van der Waals surface area contributed by atoms with E-state index in [4.69, 9.17) is 19.3 Å². The quantitative estimate of drug-likeness (QED) is 0.638. The van der Waals surface area contributed by atoms with Crippen molar-refractivity contribution in [2.24, 2.45) is 0 Å². The van der Waals surface area contributed by atoms with E-state index in [1.54, 1.807) is 13.8 Å². The van der Waals surface area contributed by atoms with Gasteiger partial charge >= 0.3 is 0 Å². The Morgan fingerprint density at radius 1 is 1.57 bits per heavy atom. The Hall–Kier alpha value is -0.490. The molecule has 14 heavy (non-hydrogen) atoms. The van der Waals surface area contributed by atoms with Crippen molar-refractivity contribution in [2.45, 2.75) is 37.9 Å². The number of carbonyl (C=O) groups is 1. The molecule has 5 heteroatoms. The van der Waals surface area contributed by atoms with Gasteiger partial charge in [-0.3, -0.25) is 0 Å². The van der Waals surface area contributed by atoms with Crippen LogP contribution in [0.25, 0.3) is 0 Å². The molecule has 0 spiro atoms. The molecule has 0 unspecified atom stereocenters. The monoisotopic (exact) mass is 204 g/mol. The number of aliphatic hydroxyl groups is 1. The van der Waals surface area contributed by atoms with Crippen LogP contribution in [0.5, 0.6) is 0 Å². The van der Waals surface area contributed by atoms with Crippen LogP contribution in [0.2, 0.25) is 0 Å². The van der Waals surface area contributed by atoms with Crippen LogP contribution in [0.15, 0.2) is 0 Å². The van der Waals surface area contributed by atoms with Gasteiger partial charge in [0.25, 0.3) is 0 Å². The van der Waals surface area contributed by atoms with Gasteiger partial charge in [-0.1, -0.05) is 0 Å². The second-order valence-corrected chi connectivity index (χ2v) is 3.66. The third-order valence-electron chi connectivity index (χ3n) is 2.13. The lowest BCUT2D eigenvalue weighted by Crippen LogP contribution is -2.39. The Labute approximate surface area is 82.9 Å². The number of rotatable bonds is 4. The summed E-state index contributed by atoms with van der Waals surface area (Å²) in [4.78, 5) is 10.7. The molecule has 0 radical (unpaired) electrons. The maximum absolute atomic E-state index is 10.7. The van der Waals surface area contributed by atoms with E-state index in [0.29, 0.717) is 6.29 Å². The summed E-state index contributed by atoms with van der Waals surface area (Å²) in [7, 11) is 1.42. The minimum absolute atomic E-state index is 0.193. The molecule has 1 heterocycles. The molecule has 0 bridgehead atoms. The number of ether oxygens (including phenoxy) is 3. The molecule has 0 aromatic rings. The highest BCUT2D eigenvalue weighted by Crippen LogP contribution is 2.29. The highest BCUT2D eigenvalue weighted by atomic mass is 16.8. The fourth-order valence-corrected chi connectivity index (χ4v) is 1.55. The molecule has 1 aliphatic rings. The van der Waals surface area contributed by atoms with Crippen molar-refractivity contribution in [1.29, 1.82) is 0 Å². The molecule has 0 amide bonds. The normalized spacial score (nSPS) is 32.9. The molecule has 0 aromatic heterocycles. The van der Waals surface area contributed by atoms with E-state index in [1.165, 1.54) is 7.11 Å². The van der Waals surface area contributed by atoms with Crippen molar-refractivity contribution in [3.63, 3.8) is 0 Å². The van der Waals surface area contributed by atoms with Crippen LogP contribution in [0.3, 0.4) is 0 Å². The Morgan fingerprint density at radius 3 is 2.64 bits per heavy atom. The van der Waals surface area contributed by atoms with Gasteiger partial charge in [-0.05, 0) is 13.8 Å². The maximum Gasteiger partial charge on any atom is 0.164 e. The molecule has 0 saturated carbocycles. The molecule has 1 rings (SSSR count). The number of aliphatic hydroxyl groups excluding tert-OH is 1. The number of aldehydes is 1. The van der Waals surface area contributed by atoms with Gasteiger partial charge in [0, 0.05) is 7.11 Å². The molecule has 1 aliphatic heterocycles. The molecule has 0 aliphatic carbocycles. The molecule has 82 valence electrons. The minimum Gasteiger partial charge on any atom is -0.394 e. The molecule has 0 aromatic carbocycles. The van der Waals surface area contributed by atoms with Crippen molar-refractivity contribution < 1.29 is 24.1 Å². The maximum atomic E-state index is 10.7. The molecular formula is C9H16O5. The highest BCUT2D eigenvalue weighted by molar-refractivity contribution is 5.57. The van der Waals surface area contributed by atoms with Crippen LogP contribution in [-0.4, -0.2) is 49.2 Å². The van der Waals surface area contributed by atoms with Crippen LogP contribution in [-0.2, 0) is 19.0 Å². The summed E-state index contributed by atoms with van der Waals surface area (Å²) >= 11 is 0. The Balaban J connectivity index is 2.72. The third-order valence-corrected chi connectivity index (χ3v) is 2.13. The van der Waals surface area contributed by atoms with Crippen LogP contribution in [0, 0.1) is 0 Å². The van der Waals surface area contributed by atoms with Gasteiger partial charge in [-0.25, -0.2) is 0 Å². The van der Waals surface area contributed by atoms with Gasteiger partial charge in [-0.15, -0.1) is 0 Å². The lowest BCUT2D eigenvalue weighted by Gasteiger charge is -2.20. The van der Waals surface area contributed by atoms with E-state index < -0.39 is 24.1 Å². The zero-order valence-electron chi connectivity index (χ0n) is 8.60. The predicted molar refractivity (Wildman–Crippen MR) is 47.8 cm³/mol. The summed E-state index contributed by atoms with van der Waals surface area (Å²) < 4.78 is 15.8. The SMILES string of the molecule is CO[C@@H](C=O)[C@H]1OC(C)(C)O[C@H]1CO. The molecule has 5 nitrogen and oxygen atoms in total. The first kappa shape index (κ1) is 11.6. The summed E-state index contributed by atoms with van der Waals surface area (Å²) in [5.74, 6) is -0.780. The van der Waals surface area contributed by atoms with Gasteiger partial charge in [0.1, 0.15) is 18.3 Å². The minimum atomic E-state index is -0.780. The van der Waals surface area contributed by atoms with Crippen molar-refractivity contribution in [3.8, 4) is 0 Å². The van der Waals surface area contributed by atoms with E-state index in [2.05, 4.69) is 0 Å². The van der Waals surface area contributed by atoms with Crippen LogP contribution < -0.4 is 0 Å². The average Bonchev–Trinajstić information content (AvgIpc) is 2.44. The van der Waals surface area contributed by atoms with E-state index in [0.717, 1.165) is 0 Å². The van der Waals surface area contributed by atoms with Gasteiger partial charge in [0.05, 0.1) is 6.61 Å². The summed E-state index contributed by atoms with van der Waals surface area (Å²) in [5.41, 5.74) is 0. The van der Waals surface area contributed by atoms with E-state index >= 15 is 0 Å². The van der Waals surface area contributed by atoms with Crippen molar-refractivity contribution in [2.75, 3.05) is 13.7 Å². The van der Waals surface area contributed by atoms with E-state index in [-0.39, 0.29) is 6.61 Å². The standard InChI is InChI=1S/C9H16O5/c1-9(2)13-7(5-11)8(14-9)6(4-10)12-3/h4,6-8,11H,5H2,1-3H3/t6-,7-,8+/m0/s1. The third kappa shape index (κ3) is 2.30. The smallest absolute Gasteiger partial charge is 0.164 e. The van der Waals surface area contributed by atoms with Gasteiger partial charge in [0.2, 0.25) is 0 Å². The second kappa shape index (κ2) is 4.35. The van der Waals surface area contributed by atoms with Gasteiger partial charge < -0.3 is 24.1 Å².